The fourth-order valence-corrected chi connectivity index (χ4v) is 2.57. The van der Waals surface area contributed by atoms with Gasteiger partial charge in [0.2, 0.25) is 0 Å². The van der Waals surface area contributed by atoms with Crippen LogP contribution in [-0.2, 0) is 0 Å². The molecule has 0 radical (unpaired) electrons. The monoisotopic (exact) mass is 236 g/mol. The largest absolute Gasteiger partial charge is 0.314 e. The van der Waals surface area contributed by atoms with E-state index in [9.17, 15) is 0 Å². The molecular weight excluding hydrogens is 216 g/mol. The van der Waals surface area contributed by atoms with Crippen LogP contribution in [0.2, 0.25) is 0 Å². The first kappa shape index (κ1) is 12.0. The van der Waals surface area contributed by atoms with E-state index < -0.39 is 0 Å². The summed E-state index contributed by atoms with van der Waals surface area (Å²) >= 11 is 1.80. The Kier molecular flexibility index (Phi) is 4.27. The smallest absolute Gasteiger partial charge is 0.0320 e. The van der Waals surface area contributed by atoms with Gasteiger partial charge in [-0.25, -0.2) is 0 Å². The summed E-state index contributed by atoms with van der Waals surface area (Å²) in [6.07, 6.45) is 2.12. The number of piperazine rings is 1. The van der Waals surface area contributed by atoms with E-state index in [1.54, 1.807) is 11.8 Å². The van der Waals surface area contributed by atoms with E-state index in [-0.39, 0.29) is 0 Å². The third-order valence-corrected chi connectivity index (χ3v) is 4.04. The van der Waals surface area contributed by atoms with Crippen LogP contribution in [-0.4, -0.2) is 37.3 Å². The minimum absolute atomic E-state index is 0.540. The second kappa shape index (κ2) is 5.71. The Balaban J connectivity index is 2.04. The maximum Gasteiger partial charge on any atom is 0.0320 e. The molecule has 1 aliphatic rings. The van der Waals surface area contributed by atoms with Crippen molar-refractivity contribution in [1.82, 2.24) is 10.2 Å². The van der Waals surface area contributed by atoms with Crippen molar-refractivity contribution in [3.05, 3.63) is 29.8 Å². The third kappa shape index (κ3) is 2.78. The van der Waals surface area contributed by atoms with Gasteiger partial charge in [0.1, 0.15) is 0 Å². The van der Waals surface area contributed by atoms with Crippen molar-refractivity contribution < 1.29 is 0 Å². The fraction of sp³-hybridized carbons (Fsp3) is 0.538. The average molecular weight is 236 g/mol. The Bertz CT molecular complexity index is 317. The van der Waals surface area contributed by atoms with Crippen LogP contribution in [0.4, 0.5) is 0 Å². The van der Waals surface area contributed by atoms with E-state index in [1.807, 2.05) is 0 Å². The maximum atomic E-state index is 3.39. The first-order valence-electron chi connectivity index (χ1n) is 5.90. The van der Waals surface area contributed by atoms with Crippen LogP contribution < -0.4 is 5.32 Å². The number of hydrogen-bond donors (Lipinski definition) is 1. The van der Waals surface area contributed by atoms with Gasteiger partial charge < -0.3 is 5.32 Å². The van der Waals surface area contributed by atoms with E-state index in [0.29, 0.717) is 6.04 Å². The Labute approximate surface area is 102 Å². The topological polar surface area (TPSA) is 15.3 Å². The molecule has 0 amide bonds. The van der Waals surface area contributed by atoms with E-state index in [4.69, 9.17) is 0 Å². The minimum Gasteiger partial charge on any atom is -0.314 e. The van der Waals surface area contributed by atoms with Crippen LogP contribution in [0.3, 0.4) is 0 Å². The van der Waals surface area contributed by atoms with Crippen LogP contribution in [0, 0.1) is 0 Å². The summed E-state index contributed by atoms with van der Waals surface area (Å²) in [5.41, 5.74) is 1.43. The zero-order chi connectivity index (χ0) is 11.4. The van der Waals surface area contributed by atoms with Gasteiger partial charge in [-0.1, -0.05) is 12.1 Å². The van der Waals surface area contributed by atoms with Gasteiger partial charge >= 0.3 is 0 Å². The lowest BCUT2D eigenvalue weighted by atomic mass is 10.1. The first-order valence-corrected chi connectivity index (χ1v) is 7.12. The van der Waals surface area contributed by atoms with Crippen molar-refractivity contribution >= 4 is 11.8 Å². The molecule has 2 rings (SSSR count). The molecule has 1 heterocycles. The fourth-order valence-electron chi connectivity index (χ4n) is 2.16. The lowest BCUT2D eigenvalue weighted by molar-refractivity contribution is 0.185. The lowest BCUT2D eigenvalue weighted by Crippen LogP contribution is -2.44. The highest BCUT2D eigenvalue weighted by molar-refractivity contribution is 7.98. The van der Waals surface area contributed by atoms with E-state index in [1.165, 1.54) is 10.5 Å². The number of rotatable bonds is 3. The van der Waals surface area contributed by atoms with Gasteiger partial charge in [0.15, 0.2) is 0 Å². The predicted molar refractivity (Wildman–Crippen MR) is 71.1 cm³/mol. The molecule has 0 bridgehead atoms. The summed E-state index contributed by atoms with van der Waals surface area (Å²) in [7, 11) is 0. The van der Waals surface area contributed by atoms with Crippen molar-refractivity contribution in [2.75, 3.05) is 32.4 Å². The number of benzene rings is 1. The van der Waals surface area contributed by atoms with Gasteiger partial charge in [0.25, 0.3) is 0 Å². The molecule has 1 atom stereocenters. The van der Waals surface area contributed by atoms with Gasteiger partial charge in [-0.2, -0.15) is 0 Å². The summed E-state index contributed by atoms with van der Waals surface area (Å²) < 4.78 is 0. The SMILES string of the molecule is CSc1ccc([C@@H](C)N2CCNCC2)cc1. The predicted octanol–water partition coefficient (Wildman–Crippen LogP) is 2.37. The Morgan fingerprint density at radius 1 is 1.19 bits per heavy atom. The van der Waals surface area contributed by atoms with E-state index in [0.717, 1.165) is 26.2 Å². The van der Waals surface area contributed by atoms with Gasteiger partial charge in [-0.3, -0.25) is 4.90 Å². The third-order valence-electron chi connectivity index (χ3n) is 3.30. The normalized spacial score (nSPS) is 19.6. The molecule has 0 spiro atoms. The molecule has 0 aromatic heterocycles. The molecule has 2 nitrogen and oxygen atoms in total. The Morgan fingerprint density at radius 2 is 1.81 bits per heavy atom. The quantitative estimate of drug-likeness (QED) is 0.811. The molecule has 1 aromatic carbocycles. The maximum absolute atomic E-state index is 3.39. The number of thioether (sulfide) groups is 1. The minimum atomic E-state index is 0.540. The highest BCUT2D eigenvalue weighted by atomic mass is 32.2. The van der Waals surface area contributed by atoms with Gasteiger partial charge in [-0.05, 0) is 30.9 Å². The lowest BCUT2D eigenvalue weighted by Gasteiger charge is -2.33. The molecule has 1 aromatic rings. The Hall–Kier alpha value is -0.510. The Morgan fingerprint density at radius 3 is 2.38 bits per heavy atom. The van der Waals surface area contributed by atoms with Crippen molar-refractivity contribution in [1.29, 1.82) is 0 Å². The highest BCUT2D eigenvalue weighted by Gasteiger charge is 2.17. The summed E-state index contributed by atoms with van der Waals surface area (Å²) in [5.74, 6) is 0. The summed E-state index contributed by atoms with van der Waals surface area (Å²) in [4.78, 5) is 3.89. The van der Waals surface area contributed by atoms with E-state index >= 15 is 0 Å². The van der Waals surface area contributed by atoms with E-state index in [2.05, 4.69) is 47.7 Å². The molecular formula is C13H20N2S. The van der Waals surface area contributed by atoms with Crippen LogP contribution in [0.15, 0.2) is 29.2 Å². The summed E-state index contributed by atoms with van der Waals surface area (Å²) in [6.45, 7) is 6.86. The van der Waals surface area contributed by atoms with Gasteiger partial charge in [-0.15, -0.1) is 11.8 Å². The molecule has 1 N–H and O–H groups in total. The molecule has 1 fully saturated rings. The molecule has 0 unspecified atom stereocenters. The summed E-state index contributed by atoms with van der Waals surface area (Å²) in [5, 5.41) is 3.39. The van der Waals surface area contributed by atoms with Crippen molar-refractivity contribution in [2.45, 2.75) is 17.9 Å². The van der Waals surface area contributed by atoms with Gasteiger partial charge in [0.05, 0.1) is 0 Å². The standard InChI is InChI=1S/C13H20N2S/c1-11(15-9-7-14-8-10-15)12-3-5-13(16-2)6-4-12/h3-6,11,14H,7-10H2,1-2H3/t11-/m1/s1. The highest BCUT2D eigenvalue weighted by Crippen LogP contribution is 2.23. The zero-order valence-electron chi connectivity index (χ0n) is 10.1. The second-order valence-electron chi connectivity index (χ2n) is 4.24. The van der Waals surface area contributed by atoms with Crippen LogP contribution in [0.5, 0.6) is 0 Å². The average Bonchev–Trinajstić information content (AvgIpc) is 2.39. The zero-order valence-corrected chi connectivity index (χ0v) is 10.9. The van der Waals surface area contributed by atoms with Crippen LogP contribution in [0.1, 0.15) is 18.5 Å². The molecule has 0 saturated carbocycles. The number of nitrogens with one attached hydrogen (secondary N) is 1. The van der Waals surface area contributed by atoms with Crippen molar-refractivity contribution in [3.63, 3.8) is 0 Å². The number of nitrogens with zero attached hydrogens (tertiary/aromatic N) is 1. The second-order valence-corrected chi connectivity index (χ2v) is 5.11. The molecule has 16 heavy (non-hydrogen) atoms. The molecule has 88 valence electrons. The van der Waals surface area contributed by atoms with Crippen LogP contribution >= 0.6 is 11.8 Å². The molecule has 0 aliphatic carbocycles. The van der Waals surface area contributed by atoms with Crippen LogP contribution in [0.25, 0.3) is 0 Å². The molecule has 1 saturated heterocycles. The van der Waals surface area contributed by atoms with Crippen molar-refractivity contribution in [2.24, 2.45) is 0 Å². The van der Waals surface area contributed by atoms with Crippen molar-refractivity contribution in [3.8, 4) is 0 Å². The molecule has 1 aliphatic heterocycles. The number of hydrogen-bond acceptors (Lipinski definition) is 3. The molecule has 3 heteroatoms. The van der Waals surface area contributed by atoms with Gasteiger partial charge in [0, 0.05) is 37.1 Å². The summed E-state index contributed by atoms with van der Waals surface area (Å²) in [6, 6.07) is 9.51. The first-order chi connectivity index (χ1) is 7.81.